The summed E-state index contributed by atoms with van der Waals surface area (Å²) < 4.78 is 1.75. The Balaban J connectivity index is 1.57. The van der Waals surface area contributed by atoms with E-state index in [0.717, 1.165) is 23.4 Å². The highest BCUT2D eigenvalue weighted by Crippen LogP contribution is 2.20. The fourth-order valence-corrected chi connectivity index (χ4v) is 5.13. The van der Waals surface area contributed by atoms with E-state index in [1.54, 1.807) is 27.2 Å². The van der Waals surface area contributed by atoms with Gasteiger partial charge in [0.05, 0.1) is 13.0 Å². The third-order valence-electron chi connectivity index (χ3n) is 5.03. The Bertz CT molecular complexity index is 1140. The SMILES string of the molecule is CSc1nc2nc(C)c(CC(=O)N(CCc3cccs3)Cc3cccs3)c(C)n2n1. The Morgan fingerprint density at radius 1 is 1.13 bits per heavy atom. The number of aryl methyl sites for hydroxylation is 2. The number of amides is 1. The van der Waals surface area contributed by atoms with Gasteiger partial charge in [-0.1, -0.05) is 23.9 Å². The Morgan fingerprint density at radius 3 is 2.53 bits per heavy atom. The number of thiophene rings is 2. The van der Waals surface area contributed by atoms with Crippen molar-refractivity contribution in [2.24, 2.45) is 0 Å². The Morgan fingerprint density at radius 2 is 1.87 bits per heavy atom. The van der Waals surface area contributed by atoms with Crippen molar-refractivity contribution in [2.75, 3.05) is 12.8 Å². The van der Waals surface area contributed by atoms with Crippen LogP contribution in [0.25, 0.3) is 5.78 Å². The van der Waals surface area contributed by atoms with Gasteiger partial charge in [0.2, 0.25) is 11.1 Å². The maximum atomic E-state index is 13.4. The van der Waals surface area contributed by atoms with Crippen LogP contribution in [0.15, 0.2) is 40.2 Å². The average Bonchev–Trinajstić information content (AvgIpc) is 3.49. The molecule has 1 amide bonds. The summed E-state index contributed by atoms with van der Waals surface area (Å²) in [6.07, 6.45) is 3.12. The lowest BCUT2D eigenvalue weighted by atomic mass is 10.1. The first-order valence-corrected chi connectivity index (χ1v) is 12.6. The van der Waals surface area contributed by atoms with E-state index in [1.165, 1.54) is 21.5 Å². The first-order valence-electron chi connectivity index (χ1n) is 9.64. The van der Waals surface area contributed by atoms with Crippen LogP contribution in [0.4, 0.5) is 0 Å². The second-order valence-electron chi connectivity index (χ2n) is 6.97. The van der Waals surface area contributed by atoms with Gasteiger partial charge in [-0.15, -0.1) is 27.8 Å². The first kappa shape index (κ1) is 21.0. The van der Waals surface area contributed by atoms with Crippen molar-refractivity contribution in [1.82, 2.24) is 24.5 Å². The Kier molecular flexibility index (Phi) is 6.50. The van der Waals surface area contributed by atoms with Crippen LogP contribution in [0.2, 0.25) is 0 Å². The van der Waals surface area contributed by atoms with Crippen LogP contribution in [0.3, 0.4) is 0 Å². The van der Waals surface area contributed by atoms with Crippen LogP contribution in [-0.2, 0) is 24.2 Å². The molecule has 4 rings (SSSR count). The molecule has 0 aliphatic carbocycles. The van der Waals surface area contributed by atoms with Crippen LogP contribution in [0.5, 0.6) is 0 Å². The molecule has 0 radical (unpaired) electrons. The lowest BCUT2D eigenvalue weighted by Gasteiger charge is -2.23. The second-order valence-corrected chi connectivity index (χ2v) is 9.81. The van der Waals surface area contributed by atoms with Gasteiger partial charge in [0.25, 0.3) is 5.78 Å². The molecule has 0 atom stereocenters. The maximum Gasteiger partial charge on any atom is 0.253 e. The van der Waals surface area contributed by atoms with E-state index < -0.39 is 0 Å². The van der Waals surface area contributed by atoms with E-state index in [-0.39, 0.29) is 5.91 Å². The standard InChI is InChI=1S/C21H23N5OS3/c1-14-18(15(2)26-20(22-14)23-21(24-26)28-3)12-19(27)25(13-17-7-5-11-30-17)9-8-16-6-4-10-29-16/h4-7,10-11H,8-9,12-13H2,1-3H3. The van der Waals surface area contributed by atoms with Crippen molar-refractivity contribution in [3.8, 4) is 0 Å². The molecular formula is C21H23N5OS3. The monoisotopic (exact) mass is 457 g/mol. The summed E-state index contributed by atoms with van der Waals surface area (Å²) in [7, 11) is 0. The molecule has 4 heterocycles. The normalized spacial score (nSPS) is 11.3. The zero-order valence-corrected chi connectivity index (χ0v) is 19.6. The summed E-state index contributed by atoms with van der Waals surface area (Å²) >= 11 is 4.90. The molecule has 0 aromatic carbocycles. The van der Waals surface area contributed by atoms with E-state index >= 15 is 0 Å². The van der Waals surface area contributed by atoms with Crippen LogP contribution in [-0.4, -0.2) is 43.2 Å². The third-order valence-corrected chi connectivity index (χ3v) is 7.36. The molecule has 9 heteroatoms. The molecule has 156 valence electrons. The molecule has 0 aliphatic rings. The summed E-state index contributed by atoms with van der Waals surface area (Å²) in [5, 5.41) is 9.32. The highest BCUT2D eigenvalue weighted by molar-refractivity contribution is 7.98. The number of rotatable bonds is 8. The van der Waals surface area contributed by atoms with Crippen molar-refractivity contribution < 1.29 is 4.79 Å². The molecule has 0 unspecified atom stereocenters. The van der Waals surface area contributed by atoms with Gasteiger partial charge in [0, 0.05) is 33.3 Å². The highest BCUT2D eigenvalue weighted by atomic mass is 32.2. The zero-order chi connectivity index (χ0) is 21.1. The van der Waals surface area contributed by atoms with Crippen LogP contribution >= 0.6 is 34.4 Å². The highest BCUT2D eigenvalue weighted by Gasteiger charge is 2.20. The van der Waals surface area contributed by atoms with Gasteiger partial charge in [-0.2, -0.15) is 4.98 Å². The smallest absolute Gasteiger partial charge is 0.253 e. The van der Waals surface area contributed by atoms with Gasteiger partial charge < -0.3 is 4.90 Å². The molecule has 0 spiro atoms. The minimum absolute atomic E-state index is 0.109. The van der Waals surface area contributed by atoms with Crippen molar-refractivity contribution in [3.05, 3.63) is 61.7 Å². The fourth-order valence-electron chi connectivity index (χ4n) is 3.38. The summed E-state index contributed by atoms with van der Waals surface area (Å²) in [6, 6.07) is 8.29. The molecule has 0 aliphatic heterocycles. The second kappa shape index (κ2) is 9.28. The first-order chi connectivity index (χ1) is 14.5. The van der Waals surface area contributed by atoms with Crippen LogP contribution < -0.4 is 0 Å². The molecule has 0 N–H and O–H groups in total. The van der Waals surface area contributed by atoms with Crippen LogP contribution in [0, 0.1) is 13.8 Å². The van der Waals surface area contributed by atoms with Crippen molar-refractivity contribution in [3.63, 3.8) is 0 Å². The number of carbonyl (C=O) groups is 1. The summed E-state index contributed by atoms with van der Waals surface area (Å²) in [4.78, 5) is 26.8. The summed E-state index contributed by atoms with van der Waals surface area (Å²) in [5.74, 6) is 0.691. The lowest BCUT2D eigenvalue weighted by Crippen LogP contribution is -2.34. The van der Waals surface area contributed by atoms with Crippen molar-refractivity contribution >= 4 is 46.1 Å². The minimum Gasteiger partial charge on any atom is -0.337 e. The van der Waals surface area contributed by atoms with Gasteiger partial charge in [0.15, 0.2) is 0 Å². The Hall–Kier alpha value is -2.23. The number of hydrogen-bond donors (Lipinski definition) is 0. The van der Waals surface area contributed by atoms with Crippen molar-refractivity contribution in [1.29, 1.82) is 0 Å². The molecule has 0 saturated carbocycles. The Labute approximate surface area is 188 Å². The fraction of sp³-hybridized carbons (Fsp3) is 0.333. The van der Waals surface area contributed by atoms with Gasteiger partial charge in [0.1, 0.15) is 0 Å². The summed E-state index contributed by atoms with van der Waals surface area (Å²) in [6.45, 7) is 5.26. The molecule has 6 nitrogen and oxygen atoms in total. The van der Waals surface area contributed by atoms with Gasteiger partial charge >= 0.3 is 0 Å². The van der Waals surface area contributed by atoms with E-state index in [0.29, 0.717) is 30.4 Å². The number of nitrogens with zero attached hydrogens (tertiary/aromatic N) is 5. The number of fused-ring (bicyclic) bond motifs is 1. The van der Waals surface area contributed by atoms with Crippen molar-refractivity contribution in [2.45, 2.75) is 38.4 Å². The molecule has 4 aromatic rings. The topological polar surface area (TPSA) is 63.4 Å². The number of thioether (sulfide) groups is 1. The molecule has 0 saturated heterocycles. The van der Waals surface area contributed by atoms with E-state index in [2.05, 4.69) is 44.0 Å². The predicted octanol–water partition coefficient (Wildman–Crippen LogP) is 4.40. The molecule has 30 heavy (non-hydrogen) atoms. The number of hydrogen-bond acceptors (Lipinski definition) is 7. The van der Waals surface area contributed by atoms with Gasteiger partial charge in [-0.25, -0.2) is 9.50 Å². The predicted molar refractivity (Wildman–Crippen MR) is 124 cm³/mol. The molecular weight excluding hydrogens is 434 g/mol. The quantitative estimate of drug-likeness (QED) is 0.367. The molecule has 4 aromatic heterocycles. The lowest BCUT2D eigenvalue weighted by molar-refractivity contribution is -0.131. The van der Waals surface area contributed by atoms with E-state index in [4.69, 9.17) is 0 Å². The largest absolute Gasteiger partial charge is 0.337 e. The van der Waals surface area contributed by atoms with E-state index in [1.807, 2.05) is 31.1 Å². The van der Waals surface area contributed by atoms with Gasteiger partial charge in [-0.3, -0.25) is 4.79 Å². The van der Waals surface area contributed by atoms with E-state index in [9.17, 15) is 4.79 Å². The maximum absolute atomic E-state index is 13.4. The number of aromatic nitrogens is 4. The summed E-state index contributed by atoms with van der Waals surface area (Å²) in [5.41, 5.74) is 2.69. The molecule has 0 fully saturated rings. The zero-order valence-electron chi connectivity index (χ0n) is 17.2. The van der Waals surface area contributed by atoms with Gasteiger partial charge in [-0.05, 0) is 49.4 Å². The number of carbonyl (C=O) groups excluding carboxylic acids is 1. The third kappa shape index (κ3) is 4.58. The minimum atomic E-state index is 0.109. The average molecular weight is 458 g/mol. The van der Waals surface area contributed by atoms with Crippen LogP contribution in [0.1, 0.15) is 26.7 Å². The molecule has 0 bridgehead atoms.